The Morgan fingerprint density at radius 2 is 2.39 bits per heavy atom. The molecule has 0 bridgehead atoms. The quantitative estimate of drug-likeness (QED) is 0.872. The lowest BCUT2D eigenvalue weighted by Gasteiger charge is -2.40. The van der Waals surface area contributed by atoms with E-state index < -0.39 is 0 Å². The van der Waals surface area contributed by atoms with E-state index in [2.05, 4.69) is 42.9 Å². The molecule has 2 unspecified atom stereocenters. The average molecular weight is 317 g/mol. The predicted molar refractivity (Wildman–Crippen MR) is 74.3 cm³/mol. The summed E-state index contributed by atoms with van der Waals surface area (Å²) in [6.07, 6.45) is 1.54. The number of aliphatic hydroxyl groups excluding tert-OH is 1. The van der Waals surface area contributed by atoms with Gasteiger partial charge in [-0.15, -0.1) is 0 Å². The van der Waals surface area contributed by atoms with Crippen molar-refractivity contribution in [2.24, 2.45) is 0 Å². The fourth-order valence-electron chi connectivity index (χ4n) is 2.46. The Bertz CT molecular complexity index is 382. The molecule has 18 heavy (non-hydrogen) atoms. The second-order valence-electron chi connectivity index (χ2n) is 5.12. The van der Waals surface area contributed by atoms with Gasteiger partial charge in [0.25, 0.3) is 0 Å². The summed E-state index contributed by atoms with van der Waals surface area (Å²) in [6, 6.07) is 0.482. The highest BCUT2D eigenvalue weighted by Gasteiger charge is 2.24. The zero-order valence-electron chi connectivity index (χ0n) is 10.9. The lowest BCUT2D eigenvalue weighted by Crippen LogP contribution is -2.53. The molecule has 2 atom stereocenters. The van der Waals surface area contributed by atoms with E-state index in [0.29, 0.717) is 6.04 Å². The van der Waals surface area contributed by atoms with Crippen molar-refractivity contribution in [3.63, 3.8) is 0 Å². The molecule has 2 N–H and O–H groups in total. The molecule has 0 aromatic carbocycles. The highest BCUT2D eigenvalue weighted by atomic mass is 79.9. The van der Waals surface area contributed by atoms with Crippen molar-refractivity contribution in [2.45, 2.75) is 32.5 Å². The van der Waals surface area contributed by atoms with Gasteiger partial charge in [0.1, 0.15) is 0 Å². The van der Waals surface area contributed by atoms with Gasteiger partial charge >= 0.3 is 0 Å². The number of aromatic nitrogens is 2. The number of rotatable bonds is 4. The van der Waals surface area contributed by atoms with Crippen LogP contribution in [0.15, 0.2) is 10.7 Å². The van der Waals surface area contributed by atoms with Crippen LogP contribution in [0.4, 0.5) is 0 Å². The van der Waals surface area contributed by atoms with E-state index in [1.165, 1.54) is 0 Å². The zero-order valence-corrected chi connectivity index (χ0v) is 12.5. The summed E-state index contributed by atoms with van der Waals surface area (Å²) in [4.78, 5) is 4.77. The number of aromatic amines is 1. The van der Waals surface area contributed by atoms with Gasteiger partial charge in [0.2, 0.25) is 0 Å². The number of H-pyrrole nitrogens is 1. The van der Waals surface area contributed by atoms with Crippen molar-refractivity contribution in [3.8, 4) is 0 Å². The molecule has 1 fully saturated rings. The molecular formula is C12H21BrN4O. The van der Waals surface area contributed by atoms with E-state index in [0.717, 1.165) is 42.9 Å². The van der Waals surface area contributed by atoms with Crippen molar-refractivity contribution in [1.29, 1.82) is 0 Å². The molecule has 1 saturated heterocycles. The SMILES string of the molecule is CC(O)CN1CCN(Cc2[nH]ncc2Br)CC1C. The first-order chi connectivity index (χ1) is 8.56. The van der Waals surface area contributed by atoms with Crippen molar-refractivity contribution in [2.75, 3.05) is 26.2 Å². The molecule has 0 amide bonds. The maximum atomic E-state index is 9.46. The molecule has 2 rings (SSSR count). The number of nitrogens with one attached hydrogen (secondary N) is 1. The molecule has 0 saturated carbocycles. The summed E-state index contributed by atoms with van der Waals surface area (Å²) in [6.45, 7) is 8.80. The van der Waals surface area contributed by atoms with E-state index in [4.69, 9.17) is 0 Å². The van der Waals surface area contributed by atoms with Crippen molar-refractivity contribution in [3.05, 3.63) is 16.4 Å². The van der Waals surface area contributed by atoms with Gasteiger partial charge < -0.3 is 5.11 Å². The van der Waals surface area contributed by atoms with Crippen molar-refractivity contribution in [1.82, 2.24) is 20.0 Å². The number of aliphatic hydroxyl groups is 1. The Kier molecular flexibility index (Phi) is 4.77. The van der Waals surface area contributed by atoms with Crippen molar-refractivity contribution < 1.29 is 5.11 Å². The second-order valence-corrected chi connectivity index (χ2v) is 5.98. The van der Waals surface area contributed by atoms with Crippen LogP contribution in [0.1, 0.15) is 19.5 Å². The van der Waals surface area contributed by atoms with E-state index in [9.17, 15) is 5.11 Å². The highest BCUT2D eigenvalue weighted by molar-refractivity contribution is 9.10. The van der Waals surface area contributed by atoms with E-state index in [1.807, 2.05) is 6.92 Å². The smallest absolute Gasteiger partial charge is 0.0639 e. The Balaban J connectivity index is 1.86. The van der Waals surface area contributed by atoms with Gasteiger partial charge in [-0.2, -0.15) is 5.10 Å². The predicted octanol–water partition coefficient (Wildman–Crippen LogP) is 1.06. The topological polar surface area (TPSA) is 55.4 Å². The van der Waals surface area contributed by atoms with Gasteiger partial charge in [-0.1, -0.05) is 0 Å². The molecule has 0 radical (unpaired) electrons. The third-order valence-electron chi connectivity index (χ3n) is 3.40. The van der Waals surface area contributed by atoms with Gasteiger partial charge in [-0.05, 0) is 29.8 Å². The maximum Gasteiger partial charge on any atom is 0.0639 e. The van der Waals surface area contributed by atoms with E-state index in [-0.39, 0.29) is 6.10 Å². The third-order valence-corrected chi connectivity index (χ3v) is 4.08. The Labute approximate surface area is 116 Å². The van der Waals surface area contributed by atoms with Gasteiger partial charge in [-0.25, -0.2) is 0 Å². The molecule has 6 heteroatoms. The van der Waals surface area contributed by atoms with Gasteiger partial charge in [0.05, 0.1) is 22.5 Å². The van der Waals surface area contributed by atoms with Crippen LogP contribution >= 0.6 is 15.9 Å². The van der Waals surface area contributed by atoms with E-state index in [1.54, 1.807) is 6.20 Å². The molecule has 5 nitrogen and oxygen atoms in total. The van der Waals surface area contributed by atoms with Crippen LogP contribution in [0.5, 0.6) is 0 Å². The zero-order chi connectivity index (χ0) is 13.1. The number of nitrogens with zero attached hydrogens (tertiary/aromatic N) is 3. The largest absolute Gasteiger partial charge is 0.392 e. The maximum absolute atomic E-state index is 9.46. The number of β-amino-alcohol motifs (C(OH)–C–C–N with tert-alkyl or cyclic N) is 1. The van der Waals surface area contributed by atoms with Crippen LogP contribution in [-0.2, 0) is 6.54 Å². The number of piperazine rings is 1. The monoisotopic (exact) mass is 316 g/mol. The van der Waals surface area contributed by atoms with Crippen LogP contribution < -0.4 is 0 Å². The van der Waals surface area contributed by atoms with Crippen LogP contribution in [0.3, 0.4) is 0 Å². The molecule has 0 spiro atoms. The summed E-state index contributed by atoms with van der Waals surface area (Å²) >= 11 is 3.49. The lowest BCUT2D eigenvalue weighted by atomic mass is 10.1. The number of halogens is 1. The summed E-state index contributed by atoms with van der Waals surface area (Å²) < 4.78 is 1.04. The fourth-order valence-corrected chi connectivity index (χ4v) is 2.77. The first kappa shape index (κ1) is 14.0. The van der Waals surface area contributed by atoms with Crippen LogP contribution in [0.2, 0.25) is 0 Å². The Morgan fingerprint density at radius 1 is 1.61 bits per heavy atom. The summed E-state index contributed by atoms with van der Waals surface area (Å²) in [7, 11) is 0. The molecule has 102 valence electrons. The first-order valence-corrected chi connectivity index (χ1v) is 7.17. The summed E-state index contributed by atoms with van der Waals surface area (Å²) in [5.74, 6) is 0. The molecule has 2 heterocycles. The molecule has 1 aliphatic rings. The molecule has 1 aromatic heterocycles. The lowest BCUT2D eigenvalue weighted by molar-refractivity contribution is 0.0418. The van der Waals surface area contributed by atoms with E-state index >= 15 is 0 Å². The van der Waals surface area contributed by atoms with Gasteiger partial charge in [-0.3, -0.25) is 14.9 Å². The molecular weight excluding hydrogens is 296 g/mol. The second kappa shape index (κ2) is 6.14. The molecule has 1 aromatic rings. The number of hydrogen-bond acceptors (Lipinski definition) is 4. The number of hydrogen-bond donors (Lipinski definition) is 2. The minimum absolute atomic E-state index is 0.249. The minimum atomic E-state index is -0.249. The van der Waals surface area contributed by atoms with Crippen LogP contribution in [0, 0.1) is 0 Å². The Hall–Kier alpha value is -0.430. The first-order valence-electron chi connectivity index (χ1n) is 6.38. The fraction of sp³-hybridized carbons (Fsp3) is 0.750. The summed E-state index contributed by atoms with van der Waals surface area (Å²) in [5, 5.41) is 16.5. The molecule has 0 aliphatic carbocycles. The Morgan fingerprint density at radius 3 is 2.94 bits per heavy atom. The van der Waals surface area contributed by atoms with Gasteiger partial charge in [0, 0.05) is 38.8 Å². The minimum Gasteiger partial charge on any atom is -0.392 e. The van der Waals surface area contributed by atoms with Crippen molar-refractivity contribution >= 4 is 15.9 Å². The highest BCUT2D eigenvalue weighted by Crippen LogP contribution is 2.17. The normalized spacial score (nSPS) is 24.3. The van der Waals surface area contributed by atoms with Gasteiger partial charge in [0.15, 0.2) is 0 Å². The third kappa shape index (κ3) is 3.54. The standard InChI is InChI=1S/C12H21BrN4O/c1-9-6-16(3-4-17(9)7-10(2)18)8-12-11(13)5-14-15-12/h5,9-10,18H,3-4,6-8H2,1-2H3,(H,14,15). The summed E-state index contributed by atoms with van der Waals surface area (Å²) in [5.41, 5.74) is 1.13. The van der Waals surface area contributed by atoms with Crippen LogP contribution in [0.25, 0.3) is 0 Å². The molecule has 1 aliphatic heterocycles. The van der Waals surface area contributed by atoms with Crippen LogP contribution in [-0.4, -0.2) is 63.4 Å². The average Bonchev–Trinajstić information content (AvgIpc) is 2.68.